The number of primary amides is 1. The van der Waals surface area contributed by atoms with Gasteiger partial charge in [0.15, 0.2) is 0 Å². The van der Waals surface area contributed by atoms with E-state index in [4.69, 9.17) is 10.8 Å². The highest BCUT2D eigenvalue weighted by atomic mass is 79.9. The van der Waals surface area contributed by atoms with Crippen molar-refractivity contribution in [3.8, 4) is 0 Å². The minimum absolute atomic E-state index is 0.228. The van der Waals surface area contributed by atoms with Crippen molar-refractivity contribution in [3.63, 3.8) is 0 Å². The van der Waals surface area contributed by atoms with Gasteiger partial charge in [0.1, 0.15) is 0 Å². The number of nitrogens with two attached hydrogens (primary N) is 1. The Morgan fingerprint density at radius 1 is 1.53 bits per heavy atom. The average molecular weight is 301 g/mol. The zero-order valence-electron chi connectivity index (χ0n) is 9.24. The maximum absolute atomic E-state index is 11.3. The van der Waals surface area contributed by atoms with Gasteiger partial charge < -0.3 is 16.2 Å². The molecule has 1 unspecified atom stereocenters. The molecule has 4 N–H and O–H groups in total. The highest BCUT2D eigenvalue weighted by molar-refractivity contribution is 9.10. The molecule has 0 aliphatic rings. The van der Waals surface area contributed by atoms with E-state index in [-0.39, 0.29) is 6.54 Å². The smallest absolute Gasteiger partial charge is 0.308 e. The van der Waals surface area contributed by atoms with Gasteiger partial charge in [0, 0.05) is 16.7 Å². The van der Waals surface area contributed by atoms with Crippen molar-refractivity contribution < 1.29 is 14.7 Å². The molecule has 0 aliphatic heterocycles. The molecular weight excluding hydrogens is 288 g/mol. The summed E-state index contributed by atoms with van der Waals surface area (Å²) >= 11 is 3.23. The fraction of sp³-hybridized carbons (Fsp3) is 0.273. The molecule has 0 bridgehead atoms. The first-order valence-corrected chi connectivity index (χ1v) is 5.77. The van der Waals surface area contributed by atoms with Crippen molar-refractivity contribution in [1.29, 1.82) is 0 Å². The number of nitrogens with one attached hydrogen (secondary N) is 1. The second-order valence-corrected chi connectivity index (χ2v) is 4.50. The van der Waals surface area contributed by atoms with Crippen molar-refractivity contribution in [2.24, 2.45) is 11.7 Å². The number of carbonyl (C=O) groups excluding carboxylic acids is 1. The Kier molecular flexibility index (Phi) is 4.51. The standard InChI is InChI=1S/C11H13BrN2O3/c1-6(11(16)17)5-14-8-4-2-3-7(12)9(8)10(13)15/h2-4,6,14H,5H2,1H3,(H2,13,15)(H,16,17). The minimum Gasteiger partial charge on any atom is -0.481 e. The van der Waals surface area contributed by atoms with Crippen LogP contribution in [0.1, 0.15) is 17.3 Å². The summed E-state index contributed by atoms with van der Waals surface area (Å²) in [4.78, 5) is 21.9. The van der Waals surface area contributed by atoms with Crippen LogP contribution in [-0.4, -0.2) is 23.5 Å². The molecule has 1 rings (SSSR count). The number of carboxylic acid groups (broad SMARTS) is 1. The van der Waals surface area contributed by atoms with E-state index >= 15 is 0 Å². The first-order chi connectivity index (χ1) is 7.93. The summed E-state index contributed by atoms with van der Waals surface area (Å²) < 4.78 is 0.581. The number of halogens is 1. The van der Waals surface area contributed by atoms with Crippen molar-refractivity contribution in [3.05, 3.63) is 28.2 Å². The number of amides is 1. The number of anilines is 1. The van der Waals surface area contributed by atoms with Crippen LogP contribution in [0.4, 0.5) is 5.69 Å². The van der Waals surface area contributed by atoms with E-state index < -0.39 is 17.8 Å². The van der Waals surface area contributed by atoms with Gasteiger partial charge in [0.25, 0.3) is 5.91 Å². The zero-order chi connectivity index (χ0) is 13.0. The van der Waals surface area contributed by atoms with Gasteiger partial charge >= 0.3 is 5.97 Å². The highest BCUT2D eigenvalue weighted by Crippen LogP contribution is 2.24. The van der Waals surface area contributed by atoms with Crippen molar-refractivity contribution in [2.45, 2.75) is 6.92 Å². The van der Waals surface area contributed by atoms with Gasteiger partial charge in [0.2, 0.25) is 0 Å². The molecule has 92 valence electrons. The molecule has 0 aliphatic carbocycles. The summed E-state index contributed by atoms with van der Waals surface area (Å²) in [5.41, 5.74) is 6.11. The number of hydrogen-bond acceptors (Lipinski definition) is 3. The molecule has 6 heteroatoms. The number of benzene rings is 1. The first kappa shape index (κ1) is 13.5. The fourth-order valence-corrected chi connectivity index (χ4v) is 1.83. The number of carbonyl (C=O) groups is 2. The summed E-state index contributed by atoms with van der Waals surface area (Å²) in [5.74, 6) is -2.01. The van der Waals surface area contributed by atoms with E-state index in [0.717, 1.165) is 0 Å². The van der Waals surface area contributed by atoms with E-state index in [1.807, 2.05) is 0 Å². The lowest BCUT2D eigenvalue weighted by Gasteiger charge is -2.13. The van der Waals surface area contributed by atoms with Crippen LogP contribution in [0.2, 0.25) is 0 Å². The van der Waals surface area contributed by atoms with Gasteiger partial charge in [-0.25, -0.2) is 0 Å². The molecule has 1 atom stereocenters. The summed E-state index contributed by atoms with van der Waals surface area (Å²) in [6.45, 7) is 1.81. The Bertz CT molecular complexity index is 448. The zero-order valence-corrected chi connectivity index (χ0v) is 10.8. The van der Waals surface area contributed by atoms with Crippen LogP contribution in [0.5, 0.6) is 0 Å². The van der Waals surface area contributed by atoms with Crippen LogP contribution >= 0.6 is 15.9 Å². The third kappa shape index (κ3) is 3.45. The van der Waals surface area contributed by atoms with Crippen LogP contribution in [0.3, 0.4) is 0 Å². The number of aliphatic carboxylic acids is 1. The lowest BCUT2D eigenvalue weighted by Crippen LogP contribution is -2.22. The molecule has 0 aromatic heterocycles. The van der Waals surface area contributed by atoms with Gasteiger partial charge in [-0.05, 0) is 28.1 Å². The average Bonchev–Trinajstić information content (AvgIpc) is 2.24. The van der Waals surface area contributed by atoms with Crippen LogP contribution < -0.4 is 11.1 Å². The largest absolute Gasteiger partial charge is 0.481 e. The molecule has 0 radical (unpaired) electrons. The molecular formula is C11H13BrN2O3. The maximum atomic E-state index is 11.3. The quantitative estimate of drug-likeness (QED) is 0.771. The molecule has 17 heavy (non-hydrogen) atoms. The lowest BCUT2D eigenvalue weighted by atomic mass is 10.1. The van der Waals surface area contributed by atoms with Crippen LogP contribution in [0, 0.1) is 5.92 Å². The summed E-state index contributed by atoms with van der Waals surface area (Å²) in [5, 5.41) is 11.7. The summed E-state index contributed by atoms with van der Waals surface area (Å²) in [6, 6.07) is 5.12. The molecule has 0 saturated heterocycles. The maximum Gasteiger partial charge on any atom is 0.308 e. The fourth-order valence-electron chi connectivity index (χ4n) is 1.27. The van der Waals surface area contributed by atoms with E-state index in [0.29, 0.717) is 15.7 Å². The molecule has 1 aromatic carbocycles. The second kappa shape index (κ2) is 5.67. The van der Waals surface area contributed by atoms with Gasteiger partial charge in [-0.3, -0.25) is 9.59 Å². The van der Waals surface area contributed by atoms with Gasteiger partial charge in [-0.1, -0.05) is 13.0 Å². The molecule has 0 saturated carbocycles. The van der Waals surface area contributed by atoms with Crippen molar-refractivity contribution >= 4 is 33.5 Å². The van der Waals surface area contributed by atoms with E-state index in [9.17, 15) is 9.59 Å². The van der Waals surface area contributed by atoms with Gasteiger partial charge in [-0.15, -0.1) is 0 Å². The third-order valence-corrected chi connectivity index (χ3v) is 2.94. The normalized spacial score (nSPS) is 11.9. The van der Waals surface area contributed by atoms with Crippen LogP contribution in [-0.2, 0) is 4.79 Å². The van der Waals surface area contributed by atoms with E-state index in [1.165, 1.54) is 0 Å². The van der Waals surface area contributed by atoms with Crippen LogP contribution in [0.15, 0.2) is 22.7 Å². The molecule has 0 fully saturated rings. The summed E-state index contributed by atoms with van der Waals surface area (Å²) in [6.07, 6.45) is 0. The van der Waals surface area contributed by atoms with Crippen molar-refractivity contribution in [2.75, 3.05) is 11.9 Å². The first-order valence-electron chi connectivity index (χ1n) is 4.98. The Balaban J connectivity index is 2.88. The number of hydrogen-bond donors (Lipinski definition) is 3. The monoisotopic (exact) mass is 300 g/mol. The molecule has 0 spiro atoms. The van der Waals surface area contributed by atoms with Crippen LogP contribution in [0.25, 0.3) is 0 Å². The Morgan fingerprint density at radius 3 is 2.71 bits per heavy atom. The molecule has 0 heterocycles. The Morgan fingerprint density at radius 2 is 2.18 bits per heavy atom. The lowest BCUT2D eigenvalue weighted by molar-refractivity contribution is -0.140. The van der Waals surface area contributed by atoms with Crippen molar-refractivity contribution in [1.82, 2.24) is 0 Å². The van der Waals surface area contributed by atoms with Gasteiger partial charge in [-0.2, -0.15) is 0 Å². The molecule has 1 aromatic rings. The summed E-state index contributed by atoms with van der Waals surface area (Å²) in [7, 11) is 0. The third-order valence-electron chi connectivity index (χ3n) is 2.28. The van der Waals surface area contributed by atoms with Gasteiger partial charge in [0.05, 0.1) is 11.5 Å². The second-order valence-electron chi connectivity index (χ2n) is 3.65. The number of carboxylic acids is 1. The molecule has 5 nitrogen and oxygen atoms in total. The predicted molar refractivity (Wildman–Crippen MR) is 67.9 cm³/mol. The predicted octanol–water partition coefficient (Wildman–Crippen LogP) is 1.68. The van der Waals surface area contributed by atoms with E-state index in [2.05, 4.69) is 21.2 Å². The highest BCUT2D eigenvalue weighted by Gasteiger charge is 2.14. The Hall–Kier alpha value is -1.56. The topological polar surface area (TPSA) is 92.4 Å². The number of rotatable bonds is 5. The van der Waals surface area contributed by atoms with E-state index in [1.54, 1.807) is 25.1 Å². The minimum atomic E-state index is -0.895. The Labute approximate surface area is 107 Å². The molecule has 1 amide bonds. The SMILES string of the molecule is CC(CNc1cccc(Br)c1C(N)=O)C(=O)O.